The first-order valence-corrected chi connectivity index (χ1v) is 5.89. The van der Waals surface area contributed by atoms with Crippen molar-refractivity contribution in [3.8, 4) is 0 Å². The Bertz CT molecular complexity index is 474. The van der Waals surface area contributed by atoms with Crippen LogP contribution >= 0.6 is 0 Å². The number of urea groups is 1. The second-order valence-corrected chi connectivity index (χ2v) is 4.89. The molecule has 0 saturated carbocycles. The maximum Gasteiger partial charge on any atom is 0.319 e. The fourth-order valence-corrected chi connectivity index (χ4v) is 1.48. The van der Waals surface area contributed by atoms with Gasteiger partial charge in [-0.25, -0.2) is 4.79 Å². The van der Waals surface area contributed by atoms with Gasteiger partial charge in [-0.05, 0) is 33.3 Å². The van der Waals surface area contributed by atoms with Gasteiger partial charge in [0.05, 0.1) is 17.6 Å². The Morgan fingerprint density at radius 2 is 2.11 bits per heavy atom. The highest BCUT2D eigenvalue weighted by Gasteiger charge is 2.21. The van der Waals surface area contributed by atoms with Crippen LogP contribution in [-0.4, -0.2) is 32.8 Å². The Kier molecular flexibility index (Phi) is 4.80. The molecule has 0 saturated heterocycles. The van der Waals surface area contributed by atoms with E-state index in [1.54, 1.807) is 26.8 Å². The van der Waals surface area contributed by atoms with E-state index in [0.29, 0.717) is 17.8 Å². The van der Waals surface area contributed by atoms with Crippen LogP contribution in [0.1, 0.15) is 32.4 Å². The fourth-order valence-electron chi connectivity index (χ4n) is 1.48. The minimum absolute atomic E-state index is 0.00310. The Labute approximate surface area is 111 Å². The number of hydrogen-bond donors (Lipinski definition) is 3. The van der Waals surface area contributed by atoms with Crippen molar-refractivity contribution < 1.29 is 14.7 Å². The van der Waals surface area contributed by atoms with Crippen LogP contribution in [0.3, 0.4) is 0 Å². The molecule has 0 aliphatic carbocycles. The lowest BCUT2D eigenvalue weighted by atomic mass is 9.99. The zero-order valence-corrected chi connectivity index (χ0v) is 11.2. The zero-order valence-electron chi connectivity index (χ0n) is 11.2. The average Bonchev–Trinajstić information content (AvgIpc) is 2.29. The molecule has 0 aliphatic rings. The van der Waals surface area contributed by atoms with Gasteiger partial charge in [0, 0.05) is 12.0 Å². The third-order valence-corrected chi connectivity index (χ3v) is 2.57. The first-order valence-electron chi connectivity index (χ1n) is 5.89. The van der Waals surface area contributed by atoms with Crippen molar-refractivity contribution >= 4 is 17.7 Å². The summed E-state index contributed by atoms with van der Waals surface area (Å²) in [5.41, 5.74) is 0.583. The monoisotopic (exact) mass is 266 g/mol. The van der Waals surface area contributed by atoms with E-state index in [9.17, 15) is 9.59 Å². The molecule has 104 valence electrons. The van der Waals surface area contributed by atoms with Crippen LogP contribution < -0.4 is 10.6 Å². The van der Waals surface area contributed by atoms with Gasteiger partial charge in [0.1, 0.15) is 0 Å². The van der Waals surface area contributed by atoms with Crippen molar-refractivity contribution in [2.24, 2.45) is 0 Å². The van der Waals surface area contributed by atoms with Crippen molar-refractivity contribution in [3.05, 3.63) is 18.0 Å². The van der Waals surface area contributed by atoms with Crippen LogP contribution in [0.25, 0.3) is 0 Å². The minimum Gasteiger partial charge on any atom is -0.481 e. The number of carbonyl (C=O) groups excluding carboxylic acids is 1. The van der Waals surface area contributed by atoms with E-state index < -0.39 is 17.5 Å². The lowest BCUT2D eigenvalue weighted by Gasteiger charge is -2.25. The number of aryl methyl sites for hydroxylation is 1. The van der Waals surface area contributed by atoms with E-state index in [-0.39, 0.29) is 6.42 Å². The number of aromatic nitrogens is 2. The molecule has 0 spiro atoms. The summed E-state index contributed by atoms with van der Waals surface area (Å²) in [6.45, 7) is 5.28. The van der Waals surface area contributed by atoms with Crippen molar-refractivity contribution in [1.29, 1.82) is 0 Å². The zero-order chi connectivity index (χ0) is 14.5. The summed E-state index contributed by atoms with van der Waals surface area (Å²) in [6.07, 6.45) is 1.84. The highest BCUT2D eigenvalue weighted by Crippen LogP contribution is 2.13. The molecule has 2 amide bonds. The molecule has 19 heavy (non-hydrogen) atoms. The van der Waals surface area contributed by atoms with E-state index >= 15 is 0 Å². The van der Waals surface area contributed by atoms with E-state index in [4.69, 9.17) is 5.11 Å². The third kappa shape index (κ3) is 5.33. The van der Waals surface area contributed by atoms with Gasteiger partial charge >= 0.3 is 12.0 Å². The van der Waals surface area contributed by atoms with Gasteiger partial charge in [-0.2, -0.15) is 10.2 Å². The number of aliphatic carboxylic acids is 1. The third-order valence-electron chi connectivity index (χ3n) is 2.57. The van der Waals surface area contributed by atoms with Crippen LogP contribution in [-0.2, 0) is 4.79 Å². The van der Waals surface area contributed by atoms with Crippen molar-refractivity contribution in [1.82, 2.24) is 15.5 Å². The number of carboxylic acids is 1. The molecule has 1 rings (SSSR count). The summed E-state index contributed by atoms with van der Waals surface area (Å²) in [5, 5.41) is 21.5. The van der Waals surface area contributed by atoms with E-state index in [0.717, 1.165) is 0 Å². The molecule has 1 aromatic heterocycles. The van der Waals surface area contributed by atoms with Crippen LogP contribution in [0.15, 0.2) is 12.3 Å². The lowest BCUT2D eigenvalue weighted by Crippen LogP contribution is -2.45. The van der Waals surface area contributed by atoms with Crippen molar-refractivity contribution in [2.75, 3.05) is 5.32 Å². The molecule has 0 aromatic carbocycles. The van der Waals surface area contributed by atoms with Crippen molar-refractivity contribution in [2.45, 2.75) is 39.2 Å². The summed E-state index contributed by atoms with van der Waals surface area (Å²) in [4.78, 5) is 22.3. The number of anilines is 1. The standard InChI is InChI=1S/C12H18N4O3/c1-8-9(5-7-13-16-8)14-11(19)15-12(2,3)6-4-10(17)18/h5,7H,4,6H2,1-3H3,(H,17,18)(H2,13,14,15,19). The van der Waals surface area contributed by atoms with Crippen LogP contribution in [0, 0.1) is 6.92 Å². The number of hydrogen-bond acceptors (Lipinski definition) is 4. The predicted molar refractivity (Wildman–Crippen MR) is 69.9 cm³/mol. The Hall–Kier alpha value is -2.18. The highest BCUT2D eigenvalue weighted by atomic mass is 16.4. The molecule has 0 fully saturated rings. The molecule has 0 bridgehead atoms. The predicted octanol–water partition coefficient (Wildman–Crippen LogP) is 1.55. The molecular weight excluding hydrogens is 248 g/mol. The molecule has 7 heteroatoms. The summed E-state index contributed by atoms with van der Waals surface area (Å²) in [5.74, 6) is -0.885. The quantitative estimate of drug-likeness (QED) is 0.750. The average molecular weight is 266 g/mol. The number of nitrogens with zero attached hydrogens (tertiary/aromatic N) is 2. The Morgan fingerprint density at radius 3 is 2.68 bits per heavy atom. The van der Waals surface area contributed by atoms with Gasteiger partial charge in [0.15, 0.2) is 0 Å². The molecule has 1 heterocycles. The molecule has 0 unspecified atom stereocenters. The van der Waals surface area contributed by atoms with Crippen LogP contribution in [0.2, 0.25) is 0 Å². The SMILES string of the molecule is Cc1nnccc1NC(=O)NC(C)(C)CCC(=O)O. The summed E-state index contributed by atoms with van der Waals surface area (Å²) < 4.78 is 0. The second kappa shape index (κ2) is 6.12. The first kappa shape index (κ1) is 14.9. The highest BCUT2D eigenvalue weighted by molar-refractivity contribution is 5.90. The summed E-state index contributed by atoms with van der Waals surface area (Å²) in [7, 11) is 0. The summed E-state index contributed by atoms with van der Waals surface area (Å²) in [6, 6.07) is 1.25. The molecule has 0 atom stereocenters. The van der Waals surface area contributed by atoms with Gasteiger partial charge < -0.3 is 15.7 Å². The van der Waals surface area contributed by atoms with E-state index in [1.165, 1.54) is 6.20 Å². The van der Waals surface area contributed by atoms with E-state index in [2.05, 4.69) is 20.8 Å². The Morgan fingerprint density at radius 1 is 1.42 bits per heavy atom. The van der Waals surface area contributed by atoms with Gasteiger partial charge in [-0.3, -0.25) is 4.79 Å². The molecule has 0 aliphatic heterocycles. The Balaban J connectivity index is 2.55. The molecule has 7 nitrogen and oxygen atoms in total. The van der Waals surface area contributed by atoms with Crippen LogP contribution in [0.5, 0.6) is 0 Å². The van der Waals surface area contributed by atoms with Crippen LogP contribution in [0.4, 0.5) is 10.5 Å². The van der Waals surface area contributed by atoms with Gasteiger partial charge in [-0.15, -0.1) is 0 Å². The molecule has 1 aromatic rings. The lowest BCUT2D eigenvalue weighted by molar-refractivity contribution is -0.137. The first-order chi connectivity index (χ1) is 8.80. The molecule has 3 N–H and O–H groups in total. The topological polar surface area (TPSA) is 104 Å². The number of carbonyl (C=O) groups is 2. The van der Waals surface area contributed by atoms with E-state index in [1.807, 2.05) is 0 Å². The number of nitrogens with one attached hydrogen (secondary N) is 2. The summed E-state index contributed by atoms with van der Waals surface area (Å²) >= 11 is 0. The normalized spacial score (nSPS) is 10.9. The maximum absolute atomic E-state index is 11.8. The maximum atomic E-state index is 11.8. The van der Waals surface area contributed by atoms with Gasteiger partial charge in [0.25, 0.3) is 0 Å². The van der Waals surface area contributed by atoms with Gasteiger partial charge in [0.2, 0.25) is 0 Å². The van der Waals surface area contributed by atoms with Gasteiger partial charge in [-0.1, -0.05) is 0 Å². The second-order valence-electron chi connectivity index (χ2n) is 4.89. The molecule has 0 radical (unpaired) electrons. The largest absolute Gasteiger partial charge is 0.481 e. The molecular formula is C12H18N4O3. The number of amides is 2. The number of rotatable bonds is 5. The smallest absolute Gasteiger partial charge is 0.319 e. The minimum atomic E-state index is -0.885. The number of carboxylic acid groups (broad SMARTS) is 1. The van der Waals surface area contributed by atoms with Crippen molar-refractivity contribution in [3.63, 3.8) is 0 Å². The fraction of sp³-hybridized carbons (Fsp3) is 0.500.